The van der Waals surface area contributed by atoms with E-state index < -0.39 is 6.23 Å². The lowest BCUT2D eigenvalue weighted by molar-refractivity contribution is 0.168. The number of phenolic OH excluding ortho intramolecular Hbond substituents is 2. The van der Waals surface area contributed by atoms with Crippen molar-refractivity contribution in [2.45, 2.75) is 26.0 Å². The van der Waals surface area contributed by atoms with Gasteiger partial charge in [0.2, 0.25) is 0 Å². The Balaban J connectivity index is 2.15. The molecular formula is C17H21NO3. The molecule has 0 saturated heterocycles. The number of para-hydroxylation sites is 1. The monoisotopic (exact) mass is 287 g/mol. The second-order valence-corrected chi connectivity index (χ2v) is 5.04. The number of anilines is 1. The van der Waals surface area contributed by atoms with E-state index in [9.17, 15) is 15.3 Å². The molecule has 2 aromatic carbocycles. The van der Waals surface area contributed by atoms with Crippen molar-refractivity contribution < 1.29 is 15.3 Å². The SMILES string of the molecule is CCCN(c1ccccc1)C(O)Cc1ccc(O)c(O)c1. The summed E-state index contributed by atoms with van der Waals surface area (Å²) < 4.78 is 0. The third-order valence-electron chi connectivity index (χ3n) is 3.37. The molecule has 1 unspecified atom stereocenters. The average Bonchev–Trinajstić information content (AvgIpc) is 2.49. The van der Waals surface area contributed by atoms with E-state index in [1.165, 1.54) is 12.1 Å². The van der Waals surface area contributed by atoms with Gasteiger partial charge in [-0.2, -0.15) is 0 Å². The van der Waals surface area contributed by atoms with Crippen molar-refractivity contribution >= 4 is 5.69 Å². The first kappa shape index (κ1) is 15.2. The fourth-order valence-electron chi connectivity index (χ4n) is 2.33. The van der Waals surface area contributed by atoms with E-state index in [1.807, 2.05) is 35.2 Å². The van der Waals surface area contributed by atoms with Gasteiger partial charge in [0.25, 0.3) is 0 Å². The maximum absolute atomic E-state index is 10.5. The Morgan fingerprint density at radius 3 is 2.33 bits per heavy atom. The topological polar surface area (TPSA) is 63.9 Å². The molecule has 0 aliphatic carbocycles. The minimum Gasteiger partial charge on any atom is -0.504 e. The number of rotatable bonds is 6. The van der Waals surface area contributed by atoms with E-state index in [0.717, 1.165) is 24.2 Å². The van der Waals surface area contributed by atoms with Crippen molar-refractivity contribution in [3.8, 4) is 11.5 Å². The molecule has 1 atom stereocenters. The number of benzene rings is 2. The van der Waals surface area contributed by atoms with Crippen LogP contribution in [0.5, 0.6) is 11.5 Å². The van der Waals surface area contributed by atoms with Crippen LogP contribution >= 0.6 is 0 Å². The second kappa shape index (κ2) is 6.99. The molecule has 0 radical (unpaired) electrons. The van der Waals surface area contributed by atoms with Gasteiger partial charge in [0.15, 0.2) is 11.5 Å². The number of hydrogen-bond donors (Lipinski definition) is 3. The maximum Gasteiger partial charge on any atom is 0.157 e. The zero-order chi connectivity index (χ0) is 15.2. The highest BCUT2D eigenvalue weighted by Crippen LogP contribution is 2.26. The molecule has 112 valence electrons. The van der Waals surface area contributed by atoms with Gasteiger partial charge in [-0.25, -0.2) is 0 Å². The van der Waals surface area contributed by atoms with Crippen molar-refractivity contribution in [1.29, 1.82) is 0 Å². The van der Waals surface area contributed by atoms with Crippen LogP contribution in [0.3, 0.4) is 0 Å². The molecule has 0 bridgehead atoms. The van der Waals surface area contributed by atoms with Crippen LogP contribution < -0.4 is 4.90 Å². The van der Waals surface area contributed by atoms with Crippen molar-refractivity contribution in [3.63, 3.8) is 0 Å². The Labute approximate surface area is 124 Å². The van der Waals surface area contributed by atoms with E-state index >= 15 is 0 Å². The normalized spacial score (nSPS) is 12.1. The van der Waals surface area contributed by atoms with Gasteiger partial charge in [-0.05, 0) is 36.2 Å². The Morgan fingerprint density at radius 2 is 1.71 bits per heavy atom. The molecule has 0 aliphatic rings. The van der Waals surface area contributed by atoms with Gasteiger partial charge in [-0.3, -0.25) is 0 Å². The standard InChI is InChI=1S/C17H21NO3/c1-2-10-18(14-6-4-3-5-7-14)17(21)12-13-8-9-15(19)16(20)11-13/h3-9,11,17,19-21H,2,10,12H2,1H3. The minimum absolute atomic E-state index is 0.151. The second-order valence-electron chi connectivity index (χ2n) is 5.04. The summed E-state index contributed by atoms with van der Waals surface area (Å²) in [5.74, 6) is -0.317. The summed E-state index contributed by atoms with van der Waals surface area (Å²) in [5, 5.41) is 29.3. The Hall–Kier alpha value is -2.20. The highest BCUT2D eigenvalue weighted by atomic mass is 16.3. The molecule has 3 N–H and O–H groups in total. The van der Waals surface area contributed by atoms with Crippen LogP contribution in [0.25, 0.3) is 0 Å². The number of nitrogens with zero attached hydrogens (tertiary/aromatic N) is 1. The van der Waals surface area contributed by atoms with Gasteiger partial charge in [-0.1, -0.05) is 31.2 Å². The molecule has 0 aromatic heterocycles. The van der Waals surface area contributed by atoms with Crippen molar-refractivity contribution in [2.75, 3.05) is 11.4 Å². The maximum atomic E-state index is 10.5. The van der Waals surface area contributed by atoms with E-state index in [4.69, 9.17) is 0 Å². The molecule has 0 amide bonds. The molecule has 0 aliphatic heterocycles. The molecule has 0 spiro atoms. The van der Waals surface area contributed by atoms with Gasteiger partial charge >= 0.3 is 0 Å². The van der Waals surface area contributed by atoms with Crippen molar-refractivity contribution in [3.05, 3.63) is 54.1 Å². The predicted molar refractivity (Wildman–Crippen MR) is 83.6 cm³/mol. The molecule has 21 heavy (non-hydrogen) atoms. The lowest BCUT2D eigenvalue weighted by atomic mass is 10.1. The molecule has 0 saturated carbocycles. The largest absolute Gasteiger partial charge is 0.504 e. The number of hydrogen-bond acceptors (Lipinski definition) is 4. The fraction of sp³-hybridized carbons (Fsp3) is 0.294. The molecule has 0 fully saturated rings. The van der Waals surface area contributed by atoms with E-state index in [-0.39, 0.29) is 11.5 Å². The third-order valence-corrected chi connectivity index (χ3v) is 3.37. The van der Waals surface area contributed by atoms with Crippen LogP contribution in [0.15, 0.2) is 48.5 Å². The predicted octanol–water partition coefficient (Wildman–Crippen LogP) is 2.88. The van der Waals surface area contributed by atoms with Crippen molar-refractivity contribution in [1.82, 2.24) is 0 Å². The van der Waals surface area contributed by atoms with Crippen molar-refractivity contribution in [2.24, 2.45) is 0 Å². The van der Waals surface area contributed by atoms with Gasteiger partial charge in [-0.15, -0.1) is 0 Å². The zero-order valence-electron chi connectivity index (χ0n) is 12.1. The van der Waals surface area contributed by atoms with Crippen LogP contribution in [-0.2, 0) is 6.42 Å². The number of phenols is 2. The van der Waals surface area contributed by atoms with Crippen LogP contribution in [-0.4, -0.2) is 28.1 Å². The fourth-order valence-corrected chi connectivity index (χ4v) is 2.33. The molecule has 2 aromatic rings. The van der Waals surface area contributed by atoms with Crippen LogP contribution in [0.4, 0.5) is 5.69 Å². The molecular weight excluding hydrogens is 266 g/mol. The van der Waals surface area contributed by atoms with Gasteiger partial charge in [0.05, 0.1) is 0 Å². The third kappa shape index (κ3) is 3.89. The summed E-state index contributed by atoms with van der Waals surface area (Å²) in [6, 6.07) is 14.4. The molecule has 0 heterocycles. The number of aliphatic hydroxyl groups is 1. The summed E-state index contributed by atoms with van der Waals surface area (Å²) in [4.78, 5) is 1.93. The van der Waals surface area contributed by atoms with E-state index in [1.54, 1.807) is 6.07 Å². The molecule has 2 rings (SSSR count). The van der Waals surface area contributed by atoms with Gasteiger partial charge in [0, 0.05) is 18.7 Å². The first-order valence-corrected chi connectivity index (χ1v) is 7.12. The summed E-state index contributed by atoms with van der Waals surface area (Å²) in [6.07, 6.45) is 0.617. The van der Waals surface area contributed by atoms with E-state index in [0.29, 0.717) is 6.42 Å². The lowest BCUT2D eigenvalue weighted by Crippen LogP contribution is -2.37. The Kier molecular flexibility index (Phi) is 5.06. The van der Waals surface area contributed by atoms with Gasteiger partial charge in [0.1, 0.15) is 6.23 Å². The molecule has 4 heteroatoms. The first-order valence-electron chi connectivity index (χ1n) is 7.12. The summed E-state index contributed by atoms with van der Waals surface area (Å²) in [7, 11) is 0. The summed E-state index contributed by atoms with van der Waals surface area (Å²) in [5.41, 5.74) is 1.74. The summed E-state index contributed by atoms with van der Waals surface area (Å²) >= 11 is 0. The highest BCUT2D eigenvalue weighted by Gasteiger charge is 2.16. The van der Waals surface area contributed by atoms with E-state index in [2.05, 4.69) is 6.92 Å². The van der Waals surface area contributed by atoms with Crippen LogP contribution in [0, 0.1) is 0 Å². The number of aliphatic hydroxyl groups excluding tert-OH is 1. The van der Waals surface area contributed by atoms with Gasteiger partial charge < -0.3 is 20.2 Å². The Morgan fingerprint density at radius 1 is 1.00 bits per heavy atom. The average molecular weight is 287 g/mol. The molecule has 4 nitrogen and oxygen atoms in total. The minimum atomic E-state index is -0.684. The first-order chi connectivity index (χ1) is 10.1. The van der Waals surface area contributed by atoms with Crippen LogP contribution in [0.2, 0.25) is 0 Å². The Bertz CT molecular complexity index is 572. The smallest absolute Gasteiger partial charge is 0.157 e. The quantitative estimate of drug-likeness (QED) is 0.564. The zero-order valence-corrected chi connectivity index (χ0v) is 12.1. The number of aromatic hydroxyl groups is 2. The summed E-state index contributed by atoms with van der Waals surface area (Å²) in [6.45, 7) is 2.81. The lowest BCUT2D eigenvalue weighted by Gasteiger charge is -2.30. The van der Waals surface area contributed by atoms with Crippen LogP contribution in [0.1, 0.15) is 18.9 Å². The highest BCUT2D eigenvalue weighted by molar-refractivity contribution is 5.47.